The Morgan fingerprint density at radius 1 is 1.07 bits per heavy atom. The molecule has 140 valence electrons. The zero-order chi connectivity index (χ0) is 18.9. The summed E-state index contributed by atoms with van der Waals surface area (Å²) in [5, 5.41) is 1.55. The minimum atomic E-state index is -3.43. The van der Waals surface area contributed by atoms with Crippen LogP contribution in [0.1, 0.15) is 18.7 Å². The van der Waals surface area contributed by atoms with Gasteiger partial charge >= 0.3 is 0 Å². The number of rotatable bonds is 5. The van der Waals surface area contributed by atoms with Crippen LogP contribution in [-0.2, 0) is 15.8 Å². The number of thioether (sulfide) groups is 1. The first-order chi connectivity index (χ1) is 13.0. The first-order valence-electron chi connectivity index (χ1n) is 8.64. The lowest BCUT2D eigenvalue weighted by molar-refractivity contribution is 0.477. The average molecular weight is 402 g/mol. The number of sulfonamides is 1. The number of nitrogens with two attached hydrogens (primary N) is 1. The standard InChI is InChI=1S/C18H19N5O2S2/c19-18-14-5-1-2-6-15(14)21-16(22-18)12-26-17-8-7-13(11-20-17)27(24,25)23-9-3-4-10-23/h1-2,5-8,11H,3-4,9-10,12H2,(H2,19,21,22). The van der Waals surface area contributed by atoms with E-state index in [2.05, 4.69) is 15.0 Å². The molecule has 4 rings (SSSR count). The first kappa shape index (κ1) is 18.1. The maximum absolute atomic E-state index is 12.5. The fourth-order valence-corrected chi connectivity index (χ4v) is 5.20. The van der Waals surface area contributed by atoms with Crippen LogP contribution in [0.3, 0.4) is 0 Å². The molecule has 1 saturated heterocycles. The van der Waals surface area contributed by atoms with E-state index in [1.54, 1.807) is 12.1 Å². The van der Waals surface area contributed by atoms with E-state index in [-0.39, 0.29) is 4.90 Å². The van der Waals surface area contributed by atoms with Gasteiger partial charge in [0.25, 0.3) is 0 Å². The summed E-state index contributed by atoms with van der Waals surface area (Å²) < 4.78 is 26.6. The van der Waals surface area contributed by atoms with Crippen molar-refractivity contribution in [1.29, 1.82) is 0 Å². The van der Waals surface area contributed by atoms with E-state index >= 15 is 0 Å². The lowest BCUT2D eigenvalue weighted by atomic mass is 10.2. The van der Waals surface area contributed by atoms with Gasteiger partial charge in [0.15, 0.2) is 0 Å². The predicted octanol–water partition coefficient (Wildman–Crippen LogP) is 2.68. The van der Waals surface area contributed by atoms with Gasteiger partial charge in [0.2, 0.25) is 10.0 Å². The van der Waals surface area contributed by atoms with Gasteiger partial charge in [-0.25, -0.2) is 23.4 Å². The summed E-state index contributed by atoms with van der Waals surface area (Å²) in [4.78, 5) is 13.4. The number of hydrogen-bond acceptors (Lipinski definition) is 7. The van der Waals surface area contributed by atoms with E-state index < -0.39 is 10.0 Å². The van der Waals surface area contributed by atoms with Gasteiger partial charge in [-0.3, -0.25) is 0 Å². The molecule has 1 aliphatic rings. The van der Waals surface area contributed by atoms with Gasteiger partial charge in [-0.05, 0) is 37.1 Å². The molecule has 0 bridgehead atoms. The van der Waals surface area contributed by atoms with Crippen LogP contribution in [-0.4, -0.2) is 40.8 Å². The molecule has 2 aromatic heterocycles. The summed E-state index contributed by atoms with van der Waals surface area (Å²) in [5.74, 6) is 1.57. The van der Waals surface area contributed by atoms with Gasteiger partial charge in [-0.15, -0.1) is 0 Å². The normalized spacial score (nSPS) is 15.4. The molecular formula is C18H19N5O2S2. The van der Waals surface area contributed by atoms with Crippen molar-refractivity contribution in [2.24, 2.45) is 0 Å². The highest BCUT2D eigenvalue weighted by molar-refractivity contribution is 7.98. The Bertz CT molecular complexity index is 1060. The van der Waals surface area contributed by atoms with Gasteiger partial charge in [0, 0.05) is 24.7 Å². The number of nitrogens with zero attached hydrogens (tertiary/aromatic N) is 4. The summed E-state index contributed by atoms with van der Waals surface area (Å²) in [6, 6.07) is 10.9. The fraction of sp³-hybridized carbons (Fsp3) is 0.278. The van der Waals surface area contributed by atoms with Crippen LogP contribution in [0, 0.1) is 0 Å². The zero-order valence-electron chi connectivity index (χ0n) is 14.6. The predicted molar refractivity (Wildman–Crippen MR) is 106 cm³/mol. The summed E-state index contributed by atoms with van der Waals surface area (Å²) in [7, 11) is -3.43. The van der Waals surface area contributed by atoms with Crippen molar-refractivity contribution in [3.05, 3.63) is 48.4 Å². The monoisotopic (exact) mass is 401 g/mol. The highest BCUT2D eigenvalue weighted by Gasteiger charge is 2.27. The topological polar surface area (TPSA) is 102 Å². The van der Waals surface area contributed by atoms with Crippen LogP contribution < -0.4 is 5.73 Å². The first-order valence-corrected chi connectivity index (χ1v) is 11.1. The second kappa shape index (κ2) is 7.41. The Labute approximate surface area is 162 Å². The molecule has 1 aliphatic heterocycles. The van der Waals surface area contributed by atoms with Crippen molar-refractivity contribution in [2.75, 3.05) is 18.8 Å². The molecule has 1 fully saturated rings. The molecule has 27 heavy (non-hydrogen) atoms. The van der Waals surface area contributed by atoms with E-state index in [0.717, 1.165) is 23.7 Å². The van der Waals surface area contributed by atoms with Gasteiger partial charge in [-0.1, -0.05) is 23.9 Å². The molecule has 3 aromatic rings. The van der Waals surface area contributed by atoms with Crippen LogP contribution in [0.25, 0.3) is 10.9 Å². The number of hydrogen-bond donors (Lipinski definition) is 1. The van der Waals surface area contributed by atoms with Gasteiger partial charge in [-0.2, -0.15) is 4.31 Å². The Balaban J connectivity index is 1.48. The van der Waals surface area contributed by atoms with E-state index in [1.807, 2.05) is 24.3 Å². The molecule has 0 atom stereocenters. The third-order valence-electron chi connectivity index (χ3n) is 4.44. The third-order valence-corrected chi connectivity index (χ3v) is 7.26. The largest absolute Gasteiger partial charge is 0.383 e. The molecule has 1 aromatic carbocycles. The zero-order valence-corrected chi connectivity index (χ0v) is 16.2. The molecule has 0 spiro atoms. The molecule has 3 heterocycles. The summed E-state index contributed by atoms with van der Waals surface area (Å²) in [5.41, 5.74) is 6.81. The van der Waals surface area contributed by atoms with Crippen molar-refractivity contribution in [1.82, 2.24) is 19.3 Å². The molecule has 7 nitrogen and oxygen atoms in total. The Morgan fingerprint density at radius 2 is 1.85 bits per heavy atom. The second-order valence-corrected chi connectivity index (χ2v) is 9.21. The number of aromatic nitrogens is 3. The van der Waals surface area contributed by atoms with Crippen molar-refractivity contribution < 1.29 is 8.42 Å². The third kappa shape index (κ3) is 3.76. The van der Waals surface area contributed by atoms with Crippen LogP contribution in [0.2, 0.25) is 0 Å². The molecule has 9 heteroatoms. The van der Waals surface area contributed by atoms with Crippen LogP contribution in [0.5, 0.6) is 0 Å². The van der Waals surface area contributed by atoms with Crippen molar-refractivity contribution >= 4 is 38.5 Å². The van der Waals surface area contributed by atoms with Crippen LogP contribution in [0.15, 0.2) is 52.5 Å². The van der Waals surface area contributed by atoms with E-state index in [4.69, 9.17) is 5.73 Å². The maximum atomic E-state index is 12.5. The fourth-order valence-electron chi connectivity index (χ4n) is 3.04. The SMILES string of the molecule is Nc1nc(CSc2ccc(S(=O)(=O)N3CCCC3)cn2)nc2ccccc12. The van der Waals surface area contributed by atoms with E-state index in [9.17, 15) is 8.42 Å². The number of nitrogen functional groups attached to an aromatic ring is 1. The molecule has 0 amide bonds. The number of anilines is 1. The Morgan fingerprint density at radius 3 is 2.59 bits per heavy atom. The summed E-state index contributed by atoms with van der Waals surface area (Å²) >= 11 is 1.44. The lowest BCUT2D eigenvalue weighted by Crippen LogP contribution is -2.27. The minimum absolute atomic E-state index is 0.236. The molecule has 0 saturated carbocycles. The summed E-state index contributed by atoms with van der Waals surface area (Å²) in [6.07, 6.45) is 3.25. The van der Waals surface area contributed by atoms with Gasteiger partial charge in [0.1, 0.15) is 16.5 Å². The minimum Gasteiger partial charge on any atom is -0.383 e. The number of pyridine rings is 1. The van der Waals surface area contributed by atoms with Gasteiger partial charge in [0.05, 0.1) is 16.3 Å². The number of fused-ring (bicyclic) bond motifs is 1. The molecular weight excluding hydrogens is 382 g/mol. The van der Waals surface area contributed by atoms with E-state index in [1.165, 1.54) is 22.3 Å². The molecule has 0 radical (unpaired) electrons. The second-order valence-electron chi connectivity index (χ2n) is 6.27. The highest BCUT2D eigenvalue weighted by Crippen LogP contribution is 2.25. The molecule has 2 N–H and O–H groups in total. The molecule has 0 unspecified atom stereocenters. The Kier molecular flexibility index (Phi) is 4.98. The van der Waals surface area contributed by atoms with E-state index in [0.29, 0.717) is 35.5 Å². The van der Waals surface area contributed by atoms with Gasteiger partial charge < -0.3 is 5.73 Å². The number of para-hydroxylation sites is 1. The quantitative estimate of drug-likeness (QED) is 0.656. The van der Waals surface area contributed by atoms with Crippen LogP contribution >= 0.6 is 11.8 Å². The van der Waals surface area contributed by atoms with Crippen molar-refractivity contribution in [3.63, 3.8) is 0 Å². The van der Waals surface area contributed by atoms with Crippen molar-refractivity contribution in [3.8, 4) is 0 Å². The summed E-state index contributed by atoms with van der Waals surface area (Å²) in [6.45, 7) is 1.17. The molecule has 0 aliphatic carbocycles. The average Bonchev–Trinajstić information content (AvgIpc) is 3.22. The maximum Gasteiger partial charge on any atom is 0.244 e. The highest BCUT2D eigenvalue weighted by atomic mass is 32.2. The lowest BCUT2D eigenvalue weighted by Gasteiger charge is -2.15. The smallest absolute Gasteiger partial charge is 0.244 e. The Hall–Kier alpha value is -2.23. The van der Waals surface area contributed by atoms with Crippen molar-refractivity contribution in [2.45, 2.75) is 28.5 Å². The number of benzene rings is 1. The van der Waals surface area contributed by atoms with Crippen LogP contribution in [0.4, 0.5) is 5.82 Å².